The average Bonchev–Trinajstić information content (AvgIpc) is 3.60. The zero-order valence-corrected chi connectivity index (χ0v) is 24.6. The van der Waals surface area contributed by atoms with Crippen LogP contribution in [0, 0.1) is 0 Å². The maximum atomic E-state index is 5.27. The minimum Gasteiger partial charge on any atom is -0.319 e. The average molecular weight is 569 g/mol. The summed E-state index contributed by atoms with van der Waals surface area (Å²) >= 11 is 0. The van der Waals surface area contributed by atoms with Crippen molar-refractivity contribution in [1.82, 2.24) is 4.57 Å². The van der Waals surface area contributed by atoms with E-state index in [0.29, 0.717) is 6.67 Å². The molecule has 8 rings (SSSR count). The Kier molecular flexibility index (Phi) is 6.53. The lowest BCUT2D eigenvalue weighted by Gasteiger charge is -2.25. The standard InChI is InChI=1S/C40H32N4/c1-28(29-15-5-2-6-16-29)42-40(30-17-7-3-8-18-30)41-27-43-36-23-13-11-21-32(36)34-25-26-35-33-22-12-14-24-37(33)44(39(35)38(34)43)31-19-9-4-10-20-31/h2-25,35H,26-27H2,1H3/b41-40-,42-28+. The van der Waals surface area contributed by atoms with Crippen LogP contribution in [0.1, 0.15) is 36.0 Å². The van der Waals surface area contributed by atoms with Crippen LogP contribution in [-0.2, 0) is 6.67 Å². The lowest BCUT2D eigenvalue weighted by atomic mass is 9.91. The van der Waals surface area contributed by atoms with Gasteiger partial charge >= 0.3 is 0 Å². The number of amidine groups is 1. The van der Waals surface area contributed by atoms with Crippen LogP contribution in [0.2, 0.25) is 0 Å². The number of aromatic nitrogens is 1. The number of benzene rings is 5. The smallest absolute Gasteiger partial charge is 0.156 e. The van der Waals surface area contributed by atoms with E-state index in [9.17, 15) is 0 Å². The van der Waals surface area contributed by atoms with Gasteiger partial charge in [0.15, 0.2) is 5.84 Å². The molecule has 1 aliphatic heterocycles. The second-order valence-corrected chi connectivity index (χ2v) is 11.4. The minimum atomic E-state index is 0.276. The molecule has 0 radical (unpaired) electrons. The maximum Gasteiger partial charge on any atom is 0.156 e. The van der Waals surface area contributed by atoms with Crippen molar-refractivity contribution in [3.8, 4) is 0 Å². The molecule has 0 spiro atoms. The summed E-state index contributed by atoms with van der Waals surface area (Å²) < 4.78 is 2.40. The lowest BCUT2D eigenvalue weighted by molar-refractivity contribution is 0.727. The summed E-state index contributed by atoms with van der Waals surface area (Å²) in [6.45, 7) is 2.51. The molecule has 0 N–H and O–H groups in total. The number of rotatable bonds is 5. The van der Waals surface area contributed by atoms with Gasteiger partial charge in [0.1, 0.15) is 6.67 Å². The molecule has 0 bridgehead atoms. The zero-order chi connectivity index (χ0) is 29.5. The molecule has 4 nitrogen and oxygen atoms in total. The van der Waals surface area contributed by atoms with Crippen LogP contribution in [0.15, 0.2) is 150 Å². The van der Waals surface area contributed by atoms with Gasteiger partial charge in [-0.3, -0.25) is 0 Å². The van der Waals surface area contributed by atoms with Gasteiger partial charge in [-0.2, -0.15) is 0 Å². The van der Waals surface area contributed by atoms with Crippen LogP contribution in [0.5, 0.6) is 0 Å². The number of aliphatic imine (C=N–C) groups is 2. The Labute approximate surface area is 257 Å². The van der Waals surface area contributed by atoms with Crippen molar-refractivity contribution in [2.45, 2.75) is 25.9 Å². The SMILES string of the molecule is C/C(=N\C(=N/Cn1c2c(c3ccccc31)=CCC1C=2N(c2ccccc2)c2ccccc21)c1ccccc1)c1ccccc1. The maximum absolute atomic E-state index is 5.27. The van der Waals surface area contributed by atoms with E-state index >= 15 is 0 Å². The van der Waals surface area contributed by atoms with E-state index in [1.807, 2.05) is 36.4 Å². The fraction of sp³-hybridized carbons (Fsp3) is 0.100. The van der Waals surface area contributed by atoms with E-state index in [2.05, 4.69) is 126 Å². The molecule has 1 unspecified atom stereocenters. The molecule has 0 saturated heterocycles. The molecule has 0 saturated carbocycles. The minimum absolute atomic E-state index is 0.276. The number of hydrogen-bond acceptors (Lipinski definition) is 2. The fourth-order valence-electron chi connectivity index (χ4n) is 6.80. The number of anilines is 2. The van der Waals surface area contributed by atoms with Gasteiger partial charge in [-0.05, 0) is 48.7 Å². The van der Waals surface area contributed by atoms with Crippen LogP contribution in [0.3, 0.4) is 0 Å². The van der Waals surface area contributed by atoms with Gasteiger partial charge in [-0.1, -0.05) is 121 Å². The Morgan fingerprint density at radius 3 is 2.11 bits per heavy atom. The van der Waals surface area contributed by atoms with E-state index in [4.69, 9.17) is 9.98 Å². The first-order valence-corrected chi connectivity index (χ1v) is 15.2. The Balaban J connectivity index is 1.37. The second-order valence-electron chi connectivity index (χ2n) is 11.4. The highest BCUT2D eigenvalue weighted by Gasteiger charge is 2.37. The Hall–Kier alpha value is -5.48. The summed E-state index contributed by atoms with van der Waals surface area (Å²) in [4.78, 5) is 12.8. The normalized spacial score (nSPS) is 16.0. The highest BCUT2D eigenvalue weighted by molar-refractivity contribution is 6.11. The molecule has 1 aromatic heterocycles. The molecule has 2 heterocycles. The van der Waals surface area contributed by atoms with Crippen molar-refractivity contribution in [2.75, 3.05) is 4.90 Å². The van der Waals surface area contributed by atoms with Gasteiger partial charge in [0.05, 0.1) is 16.6 Å². The van der Waals surface area contributed by atoms with Crippen LogP contribution in [0.25, 0.3) is 22.7 Å². The number of hydrogen-bond donors (Lipinski definition) is 0. The van der Waals surface area contributed by atoms with Gasteiger partial charge in [0.2, 0.25) is 0 Å². The number of nitrogens with zero attached hydrogens (tertiary/aromatic N) is 4. The molecule has 5 aromatic carbocycles. The van der Waals surface area contributed by atoms with Gasteiger partial charge in [-0.15, -0.1) is 0 Å². The van der Waals surface area contributed by atoms with E-state index in [1.165, 1.54) is 44.1 Å². The quantitative estimate of drug-likeness (QED) is 0.154. The fourth-order valence-corrected chi connectivity index (χ4v) is 6.80. The van der Waals surface area contributed by atoms with E-state index in [1.54, 1.807) is 0 Å². The summed E-state index contributed by atoms with van der Waals surface area (Å²) in [5.74, 6) is 1.01. The Bertz CT molecular complexity index is 2180. The summed E-state index contributed by atoms with van der Waals surface area (Å²) in [6.07, 6.45) is 3.41. The van der Waals surface area contributed by atoms with Crippen molar-refractivity contribution in [2.24, 2.45) is 9.98 Å². The van der Waals surface area contributed by atoms with E-state index < -0.39 is 0 Å². The summed E-state index contributed by atoms with van der Waals surface area (Å²) in [6, 6.07) is 49.0. The van der Waals surface area contributed by atoms with Crippen molar-refractivity contribution >= 4 is 45.6 Å². The predicted molar refractivity (Wildman–Crippen MR) is 183 cm³/mol. The van der Waals surface area contributed by atoms with Gasteiger partial charge in [0.25, 0.3) is 0 Å². The molecule has 0 fully saturated rings. The Morgan fingerprint density at radius 1 is 0.705 bits per heavy atom. The van der Waals surface area contributed by atoms with Crippen LogP contribution in [-0.4, -0.2) is 16.1 Å². The molecule has 2 aliphatic rings. The van der Waals surface area contributed by atoms with Crippen molar-refractivity contribution < 1.29 is 0 Å². The molecule has 44 heavy (non-hydrogen) atoms. The Morgan fingerprint density at radius 2 is 1.34 bits per heavy atom. The monoisotopic (exact) mass is 568 g/mol. The summed E-state index contributed by atoms with van der Waals surface area (Å²) in [5, 5.41) is 3.79. The van der Waals surface area contributed by atoms with Crippen molar-refractivity contribution in [3.05, 3.63) is 167 Å². The molecule has 212 valence electrons. The molecular formula is C40H32N4. The summed E-state index contributed by atoms with van der Waals surface area (Å²) in [5.41, 5.74) is 9.36. The third-order valence-corrected chi connectivity index (χ3v) is 8.81. The third-order valence-electron chi connectivity index (χ3n) is 8.81. The van der Waals surface area contributed by atoms with Crippen molar-refractivity contribution in [3.63, 3.8) is 0 Å². The number of para-hydroxylation sites is 3. The van der Waals surface area contributed by atoms with Gasteiger partial charge < -0.3 is 9.47 Å². The predicted octanol–water partition coefficient (Wildman–Crippen LogP) is 7.78. The highest BCUT2D eigenvalue weighted by Crippen LogP contribution is 2.50. The topological polar surface area (TPSA) is 32.9 Å². The molecule has 1 atom stereocenters. The first-order chi connectivity index (χ1) is 21.8. The third kappa shape index (κ3) is 4.38. The molecule has 4 heteroatoms. The first-order valence-electron chi connectivity index (χ1n) is 15.2. The largest absolute Gasteiger partial charge is 0.319 e. The van der Waals surface area contributed by atoms with Crippen LogP contribution >= 0.6 is 0 Å². The molecule has 6 aromatic rings. The van der Waals surface area contributed by atoms with Gasteiger partial charge in [0, 0.05) is 39.2 Å². The van der Waals surface area contributed by atoms with Crippen LogP contribution in [0.4, 0.5) is 11.4 Å². The molecule has 1 aliphatic carbocycles. The van der Waals surface area contributed by atoms with Crippen molar-refractivity contribution in [1.29, 1.82) is 0 Å². The molecule has 0 amide bonds. The van der Waals surface area contributed by atoms with E-state index in [0.717, 1.165) is 29.1 Å². The lowest BCUT2D eigenvalue weighted by Crippen LogP contribution is -2.39. The highest BCUT2D eigenvalue weighted by atomic mass is 15.2. The number of fused-ring (bicyclic) bond motifs is 6. The van der Waals surface area contributed by atoms with Gasteiger partial charge in [-0.25, -0.2) is 9.98 Å². The first kappa shape index (κ1) is 26.2. The summed E-state index contributed by atoms with van der Waals surface area (Å²) in [7, 11) is 0. The van der Waals surface area contributed by atoms with Crippen LogP contribution < -0.4 is 15.5 Å². The van der Waals surface area contributed by atoms with E-state index in [-0.39, 0.29) is 5.92 Å². The molecular weight excluding hydrogens is 536 g/mol. The second kappa shape index (κ2) is 11.0. The zero-order valence-electron chi connectivity index (χ0n) is 24.6.